The summed E-state index contributed by atoms with van der Waals surface area (Å²) in [5.41, 5.74) is 6.22. The first-order chi connectivity index (χ1) is 8.79. The van der Waals surface area contributed by atoms with Crippen LogP contribution >= 0.6 is 24.0 Å². The smallest absolute Gasteiger partial charge is 0.370 e. The summed E-state index contributed by atoms with van der Waals surface area (Å²) < 4.78 is 37.5. The zero-order valence-electron chi connectivity index (χ0n) is 11.0. The highest BCUT2D eigenvalue weighted by Gasteiger charge is 2.30. The molecule has 0 aromatic heterocycles. The Kier molecular flexibility index (Phi) is 7.62. The predicted molar refractivity (Wildman–Crippen MR) is 85.0 cm³/mol. The number of nitrogens with one attached hydrogen (secondary N) is 1. The Morgan fingerprint density at radius 1 is 1.40 bits per heavy atom. The number of hydrogen-bond acceptors (Lipinski definition) is 1. The number of nitrogens with zero attached hydrogens (tertiary/aromatic N) is 1. The molecule has 3 N–H and O–H groups in total. The predicted octanol–water partition coefficient (Wildman–Crippen LogP) is 3.30. The minimum atomic E-state index is -4.34. The lowest BCUT2D eigenvalue weighted by atomic mass is 10.1. The van der Waals surface area contributed by atoms with Crippen molar-refractivity contribution in [1.82, 2.24) is 5.32 Å². The van der Waals surface area contributed by atoms with Crippen LogP contribution in [0.5, 0.6) is 0 Å². The van der Waals surface area contributed by atoms with Gasteiger partial charge in [-0.05, 0) is 24.6 Å². The van der Waals surface area contributed by atoms with Crippen LogP contribution in [-0.2, 0) is 12.7 Å². The van der Waals surface area contributed by atoms with E-state index in [9.17, 15) is 13.2 Å². The number of guanidine groups is 1. The minimum Gasteiger partial charge on any atom is -0.370 e. The lowest BCUT2D eigenvalue weighted by Crippen LogP contribution is -2.32. The lowest BCUT2D eigenvalue weighted by Gasteiger charge is -2.08. The molecule has 112 valence electrons. The molecule has 3 nitrogen and oxygen atoms in total. The van der Waals surface area contributed by atoms with Crippen molar-refractivity contribution in [3.63, 3.8) is 0 Å². The zero-order valence-corrected chi connectivity index (χ0v) is 13.3. The van der Waals surface area contributed by atoms with Crippen LogP contribution in [0.2, 0.25) is 0 Å². The molecule has 0 aliphatic heterocycles. The highest BCUT2D eigenvalue weighted by Crippen LogP contribution is 2.29. The first-order valence-electron chi connectivity index (χ1n) is 5.63. The summed E-state index contributed by atoms with van der Waals surface area (Å²) in [5, 5.41) is 2.80. The molecule has 0 radical (unpaired) electrons. The van der Waals surface area contributed by atoms with Crippen LogP contribution in [0.4, 0.5) is 13.2 Å². The molecule has 0 fully saturated rings. The van der Waals surface area contributed by atoms with Crippen LogP contribution in [0.3, 0.4) is 0 Å². The Labute approximate surface area is 133 Å². The molecule has 1 rings (SSSR count). The van der Waals surface area contributed by atoms with Gasteiger partial charge in [-0.15, -0.1) is 24.0 Å². The van der Waals surface area contributed by atoms with Crippen LogP contribution < -0.4 is 11.1 Å². The molecule has 1 aromatic rings. The maximum Gasteiger partial charge on any atom is 0.416 e. The second-order valence-corrected chi connectivity index (χ2v) is 4.21. The Hall–Kier alpha value is -1.25. The van der Waals surface area contributed by atoms with Crippen molar-refractivity contribution in [3.8, 4) is 0 Å². The minimum absolute atomic E-state index is 0. The molecule has 0 amide bonds. The van der Waals surface area contributed by atoms with E-state index in [-0.39, 0.29) is 36.5 Å². The highest BCUT2D eigenvalue weighted by molar-refractivity contribution is 14.0. The number of aliphatic imine (C=N–C) groups is 1. The van der Waals surface area contributed by atoms with Gasteiger partial charge in [0.15, 0.2) is 5.96 Å². The number of halogens is 4. The second-order valence-electron chi connectivity index (χ2n) is 4.21. The molecule has 0 saturated carbocycles. The van der Waals surface area contributed by atoms with E-state index >= 15 is 0 Å². The van der Waals surface area contributed by atoms with Crippen molar-refractivity contribution in [2.75, 3.05) is 6.54 Å². The lowest BCUT2D eigenvalue weighted by molar-refractivity contribution is -0.137. The third-order valence-electron chi connectivity index (χ3n) is 2.26. The van der Waals surface area contributed by atoms with E-state index in [1.54, 1.807) is 6.07 Å². The maximum atomic E-state index is 12.5. The third kappa shape index (κ3) is 6.78. The Morgan fingerprint density at radius 3 is 2.60 bits per heavy atom. The van der Waals surface area contributed by atoms with Crippen molar-refractivity contribution >= 4 is 29.9 Å². The molecule has 0 bridgehead atoms. The molecule has 1 aromatic carbocycles. The van der Waals surface area contributed by atoms with Crippen molar-refractivity contribution in [2.45, 2.75) is 19.6 Å². The maximum absolute atomic E-state index is 12.5. The summed E-state index contributed by atoms with van der Waals surface area (Å²) >= 11 is 0. The van der Waals surface area contributed by atoms with E-state index in [2.05, 4.69) is 16.9 Å². The van der Waals surface area contributed by atoms with E-state index in [0.717, 1.165) is 17.7 Å². The Balaban J connectivity index is 0.00000361. The van der Waals surface area contributed by atoms with Gasteiger partial charge in [-0.2, -0.15) is 13.2 Å². The summed E-state index contributed by atoms with van der Waals surface area (Å²) in [6.07, 6.45) is -4.34. The average Bonchev–Trinajstić information content (AvgIpc) is 2.33. The van der Waals surface area contributed by atoms with Gasteiger partial charge in [-0.3, -0.25) is 0 Å². The number of rotatable bonds is 4. The molecule has 7 heteroatoms. The first kappa shape index (κ1) is 18.8. The molecule has 0 aliphatic carbocycles. The monoisotopic (exact) mass is 399 g/mol. The van der Waals surface area contributed by atoms with E-state index in [4.69, 9.17) is 5.73 Å². The van der Waals surface area contributed by atoms with E-state index in [1.807, 2.05) is 6.92 Å². The van der Waals surface area contributed by atoms with Gasteiger partial charge in [-0.1, -0.05) is 24.3 Å². The van der Waals surface area contributed by atoms with Crippen molar-refractivity contribution in [1.29, 1.82) is 0 Å². The van der Waals surface area contributed by atoms with Gasteiger partial charge >= 0.3 is 6.18 Å². The number of benzene rings is 1. The molecule has 0 saturated heterocycles. The summed E-state index contributed by atoms with van der Waals surface area (Å²) in [5.74, 6) is 0.181. The summed E-state index contributed by atoms with van der Waals surface area (Å²) in [6.45, 7) is 6.09. The van der Waals surface area contributed by atoms with Crippen LogP contribution in [-0.4, -0.2) is 12.5 Å². The molecule has 0 aliphatic rings. The van der Waals surface area contributed by atoms with Crippen LogP contribution in [0.1, 0.15) is 18.1 Å². The largest absolute Gasteiger partial charge is 0.416 e. The molecule has 0 unspecified atom stereocenters. The fourth-order valence-electron chi connectivity index (χ4n) is 1.32. The number of hydrogen-bond donors (Lipinski definition) is 2. The van der Waals surface area contributed by atoms with Gasteiger partial charge in [-0.25, -0.2) is 4.99 Å². The van der Waals surface area contributed by atoms with Gasteiger partial charge in [0.2, 0.25) is 0 Å². The number of nitrogens with two attached hydrogens (primary N) is 1. The summed E-state index contributed by atoms with van der Waals surface area (Å²) in [4.78, 5) is 3.96. The van der Waals surface area contributed by atoms with E-state index in [0.29, 0.717) is 12.1 Å². The van der Waals surface area contributed by atoms with Crippen LogP contribution in [0, 0.1) is 0 Å². The van der Waals surface area contributed by atoms with Crippen molar-refractivity contribution in [2.24, 2.45) is 10.7 Å². The quantitative estimate of drug-likeness (QED) is 0.353. The molecule has 0 heterocycles. The fourth-order valence-corrected chi connectivity index (χ4v) is 1.32. The van der Waals surface area contributed by atoms with Gasteiger partial charge in [0.1, 0.15) is 0 Å². The molecule has 20 heavy (non-hydrogen) atoms. The third-order valence-corrected chi connectivity index (χ3v) is 2.26. The summed E-state index contributed by atoms with van der Waals surface area (Å²) in [6, 6.07) is 5.02. The first-order valence-corrected chi connectivity index (χ1v) is 5.63. The van der Waals surface area contributed by atoms with Gasteiger partial charge in [0.25, 0.3) is 0 Å². The standard InChI is InChI=1S/C13H16F3N3.HI/c1-9(2)7-18-12(17)19-8-10-4-3-5-11(6-10)13(14,15)16;/h3-6H,1,7-8H2,2H3,(H3,17,18,19);1H. The topological polar surface area (TPSA) is 50.4 Å². The van der Waals surface area contributed by atoms with Crippen LogP contribution in [0.25, 0.3) is 0 Å². The normalized spacial score (nSPS) is 11.7. The van der Waals surface area contributed by atoms with E-state index < -0.39 is 11.7 Å². The van der Waals surface area contributed by atoms with Crippen molar-refractivity contribution in [3.05, 3.63) is 47.5 Å². The van der Waals surface area contributed by atoms with Gasteiger partial charge < -0.3 is 11.1 Å². The second kappa shape index (κ2) is 8.13. The van der Waals surface area contributed by atoms with E-state index in [1.165, 1.54) is 6.07 Å². The highest BCUT2D eigenvalue weighted by atomic mass is 127. The molecule has 0 spiro atoms. The molecular weight excluding hydrogens is 382 g/mol. The molecule has 0 atom stereocenters. The zero-order chi connectivity index (χ0) is 14.5. The Bertz CT molecular complexity index is 484. The Morgan fingerprint density at radius 2 is 2.05 bits per heavy atom. The SMILES string of the molecule is C=C(C)CNC(N)=NCc1cccc(C(F)(F)F)c1.I. The van der Waals surface area contributed by atoms with Gasteiger partial charge in [0.05, 0.1) is 12.1 Å². The fraction of sp³-hybridized carbons (Fsp3) is 0.308. The number of alkyl halides is 3. The summed E-state index contributed by atoms with van der Waals surface area (Å²) in [7, 11) is 0. The van der Waals surface area contributed by atoms with Gasteiger partial charge in [0, 0.05) is 6.54 Å². The van der Waals surface area contributed by atoms with Crippen LogP contribution in [0.15, 0.2) is 41.4 Å². The average molecular weight is 399 g/mol. The molecular formula is C13H17F3IN3. The van der Waals surface area contributed by atoms with Crippen molar-refractivity contribution < 1.29 is 13.2 Å².